The van der Waals surface area contributed by atoms with Gasteiger partial charge in [-0.2, -0.15) is 0 Å². The fourth-order valence-electron chi connectivity index (χ4n) is 0.0872. The van der Waals surface area contributed by atoms with Gasteiger partial charge in [0.1, 0.15) is 0 Å². The van der Waals surface area contributed by atoms with E-state index >= 15 is 0 Å². The van der Waals surface area contributed by atoms with Gasteiger partial charge in [-0.15, -0.1) is 0 Å². The van der Waals surface area contributed by atoms with E-state index in [9.17, 15) is 0 Å². The molecular weight excluding hydrogens is 193 g/mol. The Bertz CT molecular complexity index is 38.1. The van der Waals surface area contributed by atoms with E-state index in [2.05, 4.69) is 33.0 Å². The standard InChI is InChI=1S/C2H6IN3/c3-1-5-2-6-4/h2H,1,4H2,(H,5,6). The molecule has 0 atom stereocenters. The highest BCUT2D eigenvalue weighted by atomic mass is 127. The highest BCUT2D eigenvalue weighted by molar-refractivity contribution is 14.1. The highest BCUT2D eigenvalue weighted by Crippen LogP contribution is 1.75. The summed E-state index contributed by atoms with van der Waals surface area (Å²) in [7, 11) is 0. The van der Waals surface area contributed by atoms with Gasteiger partial charge in [-0.3, -0.25) is 4.99 Å². The predicted octanol–water partition coefficient (Wildman–Crippen LogP) is -0.129. The second-order valence-corrected chi connectivity index (χ2v) is 1.28. The van der Waals surface area contributed by atoms with Gasteiger partial charge in [0.2, 0.25) is 0 Å². The molecule has 0 aromatic carbocycles. The van der Waals surface area contributed by atoms with Gasteiger partial charge in [0.15, 0.2) is 0 Å². The number of hydrogen-bond acceptors (Lipinski definition) is 2. The summed E-state index contributed by atoms with van der Waals surface area (Å²) in [5.41, 5.74) is 2.27. The van der Waals surface area contributed by atoms with Crippen LogP contribution in [0.25, 0.3) is 0 Å². The lowest BCUT2D eigenvalue weighted by atomic mass is 11.2. The van der Waals surface area contributed by atoms with Crippen LogP contribution in [0.1, 0.15) is 0 Å². The van der Waals surface area contributed by atoms with Crippen molar-refractivity contribution in [2.45, 2.75) is 0 Å². The quantitative estimate of drug-likeness (QED) is 0.124. The Labute approximate surface area is 50.1 Å². The first-order chi connectivity index (χ1) is 2.91. The van der Waals surface area contributed by atoms with Crippen molar-refractivity contribution in [2.24, 2.45) is 10.8 Å². The van der Waals surface area contributed by atoms with E-state index in [-0.39, 0.29) is 0 Å². The number of alkyl halides is 1. The average Bonchev–Trinajstić information content (AvgIpc) is 1.61. The molecule has 0 aliphatic carbocycles. The molecule has 0 aliphatic heterocycles. The maximum Gasteiger partial charge on any atom is 0.0973 e. The van der Waals surface area contributed by atoms with Crippen molar-refractivity contribution < 1.29 is 0 Å². The van der Waals surface area contributed by atoms with Crippen LogP contribution in [-0.4, -0.2) is 10.9 Å². The van der Waals surface area contributed by atoms with Crippen molar-refractivity contribution in [3.63, 3.8) is 0 Å². The zero-order chi connectivity index (χ0) is 4.83. The second-order valence-electron chi connectivity index (χ2n) is 0.598. The van der Waals surface area contributed by atoms with E-state index in [4.69, 9.17) is 5.84 Å². The molecular formula is C2H6IN3. The Morgan fingerprint density at radius 3 is 2.83 bits per heavy atom. The summed E-state index contributed by atoms with van der Waals surface area (Å²) in [6, 6.07) is 0. The molecule has 0 bridgehead atoms. The Hall–Kier alpha value is 0.160. The number of nitrogens with zero attached hydrogens (tertiary/aromatic N) is 1. The fourth-order valence-corrected chi connectivity index (χ4v) is 0.284. The maximum absolute atomic E-state index is 4.81. The first-order valence-electron chi connectivity index (χ1n) is 1.42. The van der Waals surface area contributed by atoms with E-state index in [0.717, 1.165) is 4.55 Å². The third-order valence-electron chi connectivity index (χ3n) is 0.235. The topological polar surface area (TPSA) is 50.4 Å². The number of aliphatic imine (C=N–C) groups is 1. The van der Waals surface area contributed by atoms with Gasteiger partial charge in [-0.1, -0.05) is 22.6 Å². The fraction of sp³-hybridized carbons (Fsp3) is 0.500. The van der Waals surface area contributed by atoms with Gasteiger partial charge in [0.05, 0.1) is 10.9 Å². The molecule has 0 unspecified atom stereocenters. The van der Waals surface area contributed by atoms with E-state index in [0.29, 0.717) is 0 Å². The third-order valence-corrected chi connectivity index (χ3v) is 0.629. The van der Waals surface area contributed by atoms with Gasteiger partial charge < -0.3 is 5.43 Å². The summed E-state index contributed by atoms with van der Waals surface area (Å²) in [6.07, 6.45) is 1.45. The van der Waals surface area contributed by atoms with E-state index in [1.54, 1.807) is 0 Å². The van der Waals surface area contributed by atoms with Crippen LogP contribution in [0.5, 0.6) is 0 Å². The number of nitrogens with one attached hydrogen (secondary N) is 1. The molecule has 0 aromatic rings. The molecule has 3 N–H and O–H groups in total. The van der Waals surface area contributed by atoms with E-state index < -0.39 is 0 Å². The number of hydrogen-bond donors (Lipinski definition) is 2. The summed E-state index contributed by atoms with van der Waals surface area (Å²) < 4.78 is 0.752. The molecule has 36 valence electrons. The number of hydrazine groups is 1. The molecule has 0 saturated carbocycles. The molecule has 0 aromatic heterocycles. The smallest absolute Gasteiger partial charge is 0.0973 e. The van der Waals surface area contributed by atoms with Crippen LogP contribution in [0, 0.1) is 0 Å². The first-order valence-corrected chi connectivity index (χ1v) is 2.94. The van der Waals surface area contributed by atoms with Crippen LogP contribution in [0.3, 0.4) is 0 Å². The number of halogens is 1. The van der Waals surface area contributed by atoms with Gasteiger partial charge in [0, 0.05) is 0 Å². The predicted molar refractivity (Wildman–Crippen MR) is 34.7 cm³/mol. The summed E-state index contributed by atoms with van der Waals surface area (Å²) in [4.78, 5) is 3.72. The molecule has 0 spiro atoms. The van der Waals surface area contributed by atoms with Crippen molar-refractivity contribution in [3.05, 3.63) is 0 Å². The number of rotatable bonds is 2. The molecule has 0 amide bonds. The summed E-state index contributed by atoms with van der Waals surface area (Å²) in [6.45, 7) is 0. The van der Waals surface area contributed by atoms with Gasteiger partial charge in [0.25, 0.3) is 0 Å². The van der Waals surface area contributed by atoms with Gasteiger partial charge >= 0.3 is 0 Å². The van der Waals surface area contributed by atoms with Crippen LogP contribution < -0.4 is 11.3 Å². The summed E-state index contributed by atoms with van der Waals surface area (Å²) in [5.74, 6) is 4.81. The first kappa shape index (κ1) is 6.16. The summed E-state index contributed by atoms with van der Waals surface area (Å²) >= 11 is 2.12. The molecule has 0 aliphatic rings. The van der Waals surface area contributed by atoms with Crippen LogP contribution in [-0.2, 0) is 0 Å². The molecule has 0 heterocycles. The van der Waals surface area contributed by atoms with Crippen molar-refractivity contribution in [3.8, 4) is 0 Å². The van der Waals surface area contributed by atoms with Gasteiger partial charge in [-0.25, -0.2) is 5.84 Å². The minimum Gasteiger partial charge on any atom is -0.315 e. The number of nitrogens with two attached hydrogens (primary N) is 1. The minimum absolute atomic E-state index is 0.752. The SMILES string of the molecule is NNC=NCI. The molecule has 0 rings (SSSR count). The largest absolute Gasteiger partial charge is 0.315 e. The Morgan fingerprint density at radius 1 is 2.00 bits per heavy atom. The Balaban J connectivity index is 2.73. The molecule has 0 radical (unpaired) electrons. The van der Waals surface area contributed by atoms with Crippen LogP contribution in [0.15, 0.2) is 4.99 Å². The maximum atomic E-state index is 4.81. The van der Waals surface area contributed by atoms with Crippen molar-refractivity contribution in [2.75, 3.05) is 4.55 Å². The van der Waals surface area contributed by atoms with Gasteiger partial charge in [-0.05, 0) is 0 Å². The van der Waals surface area contributed by atoms with Crippen LogP contribution in [0.4, 0.5) is 0 Å². The van der Waals surface area contributed by atoms with Crippen LogP contribution in [0.2, 0.25) is 0 Å². The monoisotopic (exact) mass is 199 g/mol. The molecule has 0 saturated heterocycles. The lowest BCUT2D eigenvalue weighted by Gasteiger charge is -1.79. The lowest BCUT2D eigenvalue weighted by molar-refractivity contribution is 1.05. The molecule has 4 heteroatoms. The molecule has 0 fully saturated rings. The third kappa shape index (κ3) is 4.16. The normalized spacial score (nSPS) is 9.67. The zero-order valence-corrected chi connectivity index (χ0v) is 5.34. The Morgan fingerprint density at radius 2 is 2.67 bits per heavy atom. The van der Waals surface area contributed by atoms with Crippen LogP contribution >= 0.6 is 22.6 Å². The lowest BCUT2D eigenvalue weighted by Crippen LogP contribution is -2.18. The van der Waals surface area contributed by atoms with E-state index in [1.807, 2.05) is 0 Å². The Kier molecular flexibility index (Phi) is 5.30. The summed E-state index contributed by atoms with van der Waals surface area (Å²) in [5, 5.41) is 0. The average molecular weight is 199 g/mol. The molecule has 3 nitrogen and oxygen atoms in total. The highest BCUT2D eigenvalue weighted by Gasteiger charge is 1.58. The van der Waals surface area contributed by atoms with Crippen molar-refractivity contribution in [1.29, 1.82) is 0 Å². The van der Waals surface area contributed by atoms with Crippen molar-refractivity contribution in [1.82, 2.24) is 5.43 Å². The second kappa shape index (κ2) is 5.16. The van der Waals surface area contributed by atoms with E-state index in [1.165, 1.54) is 6.34 Å². The minimum atomic E-state index is 0.752. The zero-order valence-electron chi connectivity index (χ0n) is 3.19. The van der Waals surface area contributed by atoms with Crippen molar-refractivity contribution >= 4 is 28.9 Å². The molecule has 6 heavy (non-hydrogen) atoms.